The third kappa shape index (κ3) is 9.20. The summed E-state index contributed by atoms with van der Waals surface area (Å²) in [5, 5.41) is 2.98. The zero-order valence-corrected chi connectivity index (χ0v) is 13.4. The zero-order valence-electron chi connectivity index (χ0n) is 12.6. The molecule has 1 aromatic carbocycles. The molecule has 1 unspecified atom stereocenters. The number of ether oxygens (including phenoxy) is 1. The topological polar surface area (TPSA) is 76.7 Å². The summed E-state index contributed by atoms with van der Waals surface area (Å²) < 4.78 is 17.1. The maximum Gasteiger partial charge on any atom is 0.188 e. The number of aliphatic imine (C=N–C) groups is 1. The molecule has 1 atom stereocenters. The predicted molar refractivity (Wildman–Crippen MR) is 88.8 cm³/mol. The maximum atomic E-state index is 11.9. The quantitative estimate of drug-likeness (QED) is 0.387. The Labute approximate surface area is 129 Å². The fraction of sp³-hybridized carbons (Fsp3) is 0.533. The molecule has 0 heterocycles. The number of rotatable bonds is 10. The summed E-state index contributed by atoms with van der Waals surface area (Å²) in [6.07, 6.45) is 0.857. The van der Waals surface area contributed by atoms with Gasteiger partial charge < -0.3 is 15.8 Å². The number of nitrogens with zero attached hydrogens (tertiary/aromatic N) is 1. The third-order valence-electron chi connectivity index (χ3n) is 2.74. The Bertz CT molecular complexity index is 438. The van der Waals surface area contributed by atoms with E-state index in [-0.39, 0.29) is 0 Å². The van der Waals surface area contributed by atoms with E-state index in [1.165, 1.54) is 0 Å². The van der Waals surface area contributed by atoms with E-state index in [1.54, 1.807) is 0 Å². The highest BCUT2D eigenvalue weighted by molar-refractivity contribution is 7.84. The lowest BCUT2D eigenvalue weighted by atomic mass is 10.2. The monoisotopic (exact) mass is 311 g/mol. The first-order valence-electron chi connectivity index (χ1n) is 7.22. The second kappa shape index (κ2) is 11.3. The van der Waals surface area contributed by atoms with Crippen LogP contribution in [0.2, 0.25) is 0 Å². The normalized spacial score (nSPS) is 13.1. The first-order chi connectivity index (χ1) is 10.2. The molecule has 0 aliphatic heterocycles. The highest BCUT2D eigenvalue weighted by Gasteiger charge is 2.01. The fourth-order valence-corrected chi connectivity index (χ4v) is 2.73. The number of hydrogen-bond acceptors (Lipinski definition) is 3. The standard InChI is InChI=1S/C15H25N3O2S/c1-2-20-11-6-9-17-15(16)18-10-12-21(19)13-14-7-4-3-5-8-14/h3-5,7-8H,2,6,9-13H2,1H3,(H3,16,17,18). The Morgan fingerprint density at radius 2 is 2.14 bits per heavy atom. The van der Waals surface area contributed by atoms with Gasteiger partial charge in [0, 0.05) is 48.6 Å². The maximum absolute atomic E-state index is 11.9. The van der Waals surface area contributed by atoms with Crippen LogP contribution in [0.3, 0.4) is 0 Å². The summed E-state index contributed by atoms with van der Waals surface area (Å²) in [7, 11) is -0.891. The van der Waals surface area contributed by atoms with Crippen molar-refractivity contribution in [2.45, 2.75) is 19.1 Å². The zero-order chi connectivity index (χ0) is 15.3. The molecule has 3 N–H and O–H groups in total. The van der Waals surface area contributed by atoms with Gasteiger partial charge in [-0.05, 0) is 18.9 Å². The molecule has 0 radical (unpaired) electrons. The third-order valence-corrected chi connectivity index (χ3v) is 4.05. The van der Waals surface area contributed by atoms with E-state index < -0.39 is 10.8 Å². The molecule has 0 amide bonds. The van der Waals surface area contributed by atoms with Crippen LogP contribution in [0.15, 0.2) is 35.3 Å². The van der Waals surface area contributed by atoms with Gasteiger partial charge in [-0.3, -0.25) is 9.20 Å². The lowest BCUT2D eigenvalue weighted by molar-refractivity contribution is 0.146. The molecule has 0 aromatic heterocycles. The van der Waals surface area contributed by atoms with E-state index in [2.05, 4.69) is 10.3 Å². The molecule has 118 valence electrons. The van der Waals surface area contributed by atoms with Gasteiger partial charge in [0.05, 0.1) is 0 Å². The van der Waals surface area contributed by atoms with Crippen molar-refractivity contribution >= 4 is 16.8 Å². The molecule has 0 spiro atoms. The van der Waals surface area contributed by atoms with E-state index >= 15 is 0 Å². The van der Waals surface area contributed by atoms with Crippen molar-refractivity contribution in [3.63, 3.8) is 0 Å². The fourth-order valence-electron chi connectivity index (χ4n) is 1.69. The number of hydrogen-bond donors (Lipinski definition) is 2. The summed E-state index contributed by atoms with van der Waals surface area (Å²) in [5.41, 5.74) is 6.82. The summed E-state index contributed by atoms with van der Waals surface area (Å²) >= 11 is 0. The summed E-state index contributed by atoms with van der Waals surface area (Å²) in [4.78, 5) is 4.18. The number of nitrogens with one attached hydrogen (secondary N) is 1. The molecule has 1 aromatic rings. The first-order valence-corrected chi connectivity index (χ1v) is 8.71. The van der Waals surface area contributed by atoms with Gasteiger partial charge in [-0.1, -0.05) is 30.3 Å². The van der Waals surface area contributed by atoms with Crippen LogP contribution in [0.25, 0.3) is 0 Å². The van der Waals surface area contributed by atoms with Gasteiger partial charge in [-0.25, -0.2) is 0 Å². The van der Waals surface area contributed by atoms with Gasteiger partial charge in [0.15, 0.2) is 5.96 Å². The largest absolute Gasteiger partial charge is 0.382 e. The average Bonchev–Trinajstić information content (AvgIpc) is 2.48. The van der Waals surface area contributed by atoms with Gasteiger partial charge in [-0.15, -0.1) is 0 Å². The molecule has 0 fully saturated rings. The minimum Gasteiger partial charge on any atom is -0.382 e. The summed E-state index contributed by atoms with van der Waals surface area (Å²) in [6, 6.07) is 9.84. The van der Waals surface area contributed by atoms with Crippen LogP contribution in [0, 0.1) is 0 Å². The van der Waals surface area contributed by atoms with E-state index in [0.29, 0.717) is 37.2 Å². The Balaban J connectivity index is 2.12. The Morgan fingerprint density at radius 1 is 1.38 bits per heavy atom. The Hall–Kier alpha value is -1.40. The van der Waals surface area contributed by atoms with Gasteiger partial charge in [0.2, 0.25) is 0 Å². The minimum atomic E-state index is -0.891. The molecule has 21 heavy (non-hydrogen) atoms. The summed E-state index contributed by atoms with van der Waals surface area (Å²) in [5.74, 6) is 1.54. The lowest BCUT2D eigenvalue weighted by Gasteiger charge is -2.06. The van der Waals surface area contributed by atoms with Gasteiger partial charge in [0.1, 0.15) is 0 Å². The lowest BCUT2D eigenvalue weighted by Crippen LogP contribution is -2.34. The molecular formula is C15H25N3O2S. The van der Waals surface area contributed by atoms with Crippen LogP contribution < -0.4 is 11.1 Å². The van der Waals surface area contributed by atoms with Crippen molar-refractivity contribution in [1.29, 1.82) is 0 Å². The van der Waals surface area contributed by atoms with Crippen LogP contribution in [-0.2, 0) is 21.3 Å². The van der Waals surface area contributed by atoms with Crippen LogP contribution in [0.1, 0.15) is 18.9 Å². The van der Waals surface area contributed by atoms with E-state index in [4.69, 9.17) is 10.5 Å². The number of guanidine groups is 1. The van der Waals surface area contributed by atoms with Crippen molar-refractivity contribution in [3.8, 4) is 0 Å². The van der Waals surface area contributed by atoms with Crippen molar-refractivity contribution < 1.29 is 8.95 Å². The number of nitrogens with two attached hydrogens (primary N) is 1. The SMILES string of the molecule is CCOCCCN=C(N)NCCS(=O)Cc1ccccc1. The van der Waals surface area contributed by atoms with Crippen molar-refractivity contribution in [3.05, 3.63) is 35.9 Å². The van der Waals surface area contributed by atoms with Gasteiger partial charge in [-0.2, -0.15) is 0 Å². The summed E-state index contributed by atoms with van der Waals surface area (Å²) in [6.45, 7) is 4.61. The molecule has 0 saturated carbocycles. The molecular weight excluding hydrogens is 286 g/mol. The van der Waals surface area contributed by atoms with Gasteiger partial charge in [0.25, 0.3) is 0 Å². The highest BCUT2D eigenvalue weighted by Crippen LogP contribution is 2.02. The van der Waals surface area contributed by atoms with Gasteiger partial charge >= 0.3 is 0 Å². The van der Waals surface area contributed by atoms with Crippen LogP contribution in [-0.4, -0.2) is 42.2 Å². The smallest absolute Gasteiger partial charge is 0.188 e. The second-order valence-electron chi connectivity index (χ2n) is 4.52. The van der Waals surface area contributed by atoms with Crippen molar-refractivity contribution in [2.75, 3.05) is 32.1 Å². The van der Waals surface area contributed by atoms with E-state index in [0.717, 1.165) is 18.6 Å². The molecule has 0 aliphatic carbocycles. The van der Waals surface area contributed by atoms with Crippen LogP contribution >= 0.6 is 0 Å². The second-order valence-corrected chi connectivity index (χ2v) is 6.09. The molecule has 0 bridgehead atoms. The first kappa shape index (κ1) is 17.7. The van der Waals surface area contributed by atoms with Crippen LogP contribution in [0.4, 0.5) is 0 Å². The molecule has 0 aliphatic rings. The average molecular weight is 311 g/mol. The van der Waals surface area contributed by atoms with Crippen LogP contribution in [0.5, 0.6) is 0 Å². The number of benzene rings is 1. The molecule has 1 rings (SSSR count). The van der Waals surface area contributed by atoms with Crippen molar-refractivity contribution in [2.24, 2.45) is 10.7 Å². The van der Waals surface area contributed by atoms with Crippen molar-refractivity contribution in [1.82, 2.24) is 5.32 Å². The van der Waals surface area contributed by atoms with E-state index in [1.807, 2.05) is 37.3 Å². The molecule has 5 nitrogen and oxygen atoms in total. The minimum absolute atomic E-state index is 0.406. The Morgan fingerprint density at radius 3 is 2.86 bits per heavy atom. The Kier molecular flexibility index (Phi) is 9.48. The highest BCUT2D eigenvalue weighted by atomic mass is 32.2. The molecule has 6 heteroatoms. The van der Waals surface area contributed by atoms with E-state index in [9.17, 15) is 4.21 Å². The predicted octanol–water partition coefficient (Wildman–Crippen LogP) is 1.27. The molecule has 0 saturated heterocycles.